The van der Waals surface area contributed by atoms with E-state index < -0.39 is 0 Å². The first-order chi connectivity index (χ1) is 7.40. The van der Waals surface area contributed by atoms with E-state index in [9.17, 15) is 0 Å². The normalized spacial score (nSPS) is 56.8. The third-order valence-corrected chi connectivity index (χ3v) is 4.90. The number of rotatable bonds is 2. The summed E-state index contributed by atoms with van der Waals surface area (Å²) < 4.78 is 11.3. The summed E-state index contributed by atoms with van der Waals surface area (Å²) in [6.45, 7) is 0. The van der Waals surface area contributed by atoms with Gasteiger partial charge in [0, 0.05) is 0 Å². The largest absolute Gasteiger partial charge is 0.370 e. The molecule has 2 nitrogen and oxygen atoms in total. The molecule has 6 atom stereocenters. The van der Waals surface area contributed by atoms with E-state index in [1.54, 1.807) is 0 Å². The first-order valence-electron chi connectivity index (χ1n) is 6.71. The number of hydrogen-bond donors (Lipinski definition) is 0. The van der Waals surface area contributed by atoms with Crippen molar-refractivity contribution in [3.05, 3.63) is 0 Å². The Bertz CT molecular complexity index is 265. The minimum absolute atomic E-state index is 0.656. The molecule has 6 unspecified atom stereocenters. The lowest BCUT2D eigenvalue weighted by Crippen LogP contribution is -2.22. The van der Waals surface area contributed by atoms with Crippen molar-refractivity contribution in [1.29, 1.82) is 0 Å². The van der Waals surface area contributed by atoms with Gasteiger partial charge in [0.1, 0.15) is 0 Å². The van der Waals surface area contributed by atoms with Crippen LogP contribution in [0, 0.1) is 11.8 Å². The molecule has 0 bridgehead atoms. The zero-order valence-electron chi connectivity index (χ0n) is 9.23. The molecule has 0 aromatic carbocycles. The molecular weight excluding hydrogens is 188 g/mol. The molecule has 0 radical (unpaired) electrons. The zero-order valence-corrected chi connectivity index (χ0v) is 9.23. The summed E-state index contributed by atoms with van der Waals surface area (Å²) >= 11 is 0. The van der Waals surface area contributed by atoms with Crippen LogP contribution >= 0.6 is 0 Å². The Balaban J connectivity index is 1.34. The fraction of sp³-hybridized carbons (Fsp3) is 1.00. The lowest BCUT2D eigenvalue weighted by atomic mass is 9.78. The summed E-state index contributed by atoms with van der Waals surface area (Å²) in [7, 11) is 0. The molecule has 2 heterocycles. The number of hydrogen-bond acceptors (Lipinski definition) is 2. The maximum Gasteiger partial charge on any atom is 0.0870 e. The highest BCUT2D eigenvalue weighted by molar-refractivity contribution is 4.97. The van der Waals surface area contributed by atoms with Crippen LogP contribution in [0.15, 0.2) is 0 Å². The summed E-state index contributed by atoms with van der Waals surface area (Å²) in [6, 6.07) is 0. The van der Waals surface area contributed by atoms with Crippen molar-refractivity contribution in [1.82, 2.24) is 0 Å². The quantitative estimate of drug-likeness (QED) is 0.651. The number of epoxide rings is 2. The van der Waals surface area contributed by atoms with Gasteiger partial charge in [0.05, 0.1) is 24.4 Å². The van der Waals surface area contributed by atoms with Crippen molar-refractivity contribution < 1.29 is 9.47 Å². The minimum atomic E-state index is 0.656. The molecule has 4 fully saturated rings. The molecule has 2 saturated carbocycles. The monoisotopic (exact) mass is 208 g/mol. The van der Waals surface area contributed by atoms with E-state index in [2.05, 4.69) is 0 Å². The van der Waals surface area contributed by atoms with Gasteiger partial charge in [-0.15, -0.1) is 0 Å². The molecule has 0 aromatic heterocycles. The van der Waals surface area contributed by atoms with Crippen molar-refractivity contribution >= 4 is 0 Å². The predicted octanol–water partition coefficient (Wildman–Crippen LogP) is 2.51. The van der Waals surface area contributed by atoms with Crippen molar-refractivity contribution in [3.8, 4) is 0 Å². The minimum Gasteiger partial charge on any atom is -0.370 e. The molecule has 0 spiro atoms. The highest BCUT2D eigenvalue weighted by Crippen LogP contribution is 2.47. The molecule has 2 heteroatoms. The summed E-state index contributed by atoms with van der Waals surface area (Å²) in [5.74, 6) is 1.84. The molecule has 2 aliphatic carbocycles. The van der Waals surface area contributed by atoms with Gasteiger partial charge in [-0.05, 0) is 50.4 Å². The third-order valence-electron chi connectivity index (χ3n) is 4.90. The molecule has 15 heavy (non-hydrogen) atoms. The van der Waals surface area contributed by atoms with Gasteiger partial charge in [0.25, 0.3) is 0 Å². The van der Waals surface area contributed by atoms with Crippen molar-refractivity contribution in [2.75, 3.05) is 0 Å². The van der Waals surface area contributed by atoms with Gasteiger partial charge in [-0.25, -0.2) is 0 Å². The smallest absolute Gasteiger partial charge is 0.0870 e. The maximum atomic E-state index is 5.74. The van der Waals surface area contributed by atoms with Gasteiger partial charge >= 0.3 is 0 Å². The number of fused-ring (bicyclic) bond motifs is 2. The van der Waals surface area contributed by atoms with E-state index in [0.29, 0.717) is 24.4 Å². The number of ether oxygens (including phenoxy) is 2. The van der Waals surface area contributed by atoms with Gasteiger partial charge in [-0.3, -0.25) is 0 Å². The molecule has 0 aromatic rings. The van der Waals surface area contributed by atoms with Crippen LogP contribution in [0.4, 0.5) is 0 Å². The summed E-state index contributed by atoms with van der Waals surface area (Å²) in [4.78, 5) is 0. The molecule has 0 amide bonds. The molecule has 0 N–H and O–H groups in total. The van der Waals surface area contributed by atoms with E-state index in [4.69, 9.17) is 9.47 Å². The van der Waals surface area contributed by atoms with Crippen molar-refractivity contribution in [3.63, 3.8) is 0 Å². The van der Waals surface area contributed by atoms with Crippen LogP contribution < -0.4 is 0 Å². The molecule has 2 saturated heterocycles. The van der Waals surface area contributed by atoms with Gasteiger partial charge < -0.3 is 9.47 Å². The second-order valence-electron chi connectivity index (χ2n) is 5.96. The first kappa shape index (κ1) is 9.00. The molecule has 4 rings (SSSR count). The fourth-order valence-corrected chi connectivity index (χ4v) is 3.93. The Morgan fingerprint density at radius 3 is 2.80 bits per heavy atom. The molecule has 84 valence electrons. The lowest BCUT2D eigenvalue weighted by molar-refractivity contribution is 0.244. The highest BCUT2D eigenvalue weighted by Gasteiger charge is 2.49. The molecule has 4 aliphatic rings. The van der Waals surface area contributed by atoms with Crippen LogP contribution in [-0.2, 0) is 9.47 Å². The Kier molecular flexibility index (Phi) is 1.92. The van der Waals surface area contributed by atoms with Crippen LogP contribution in [-0.4, -0.2) is 24.4 Å². The topological polar surface area (TPSA) is 25.1 Å². The SMILES string of the molecule is C1CC(CC2CCC3OC3C2)C2OC2C1. The standard InChI is InChI=1S/C13H20O2/c1-2-9(13-11(3-1)15-13)6-8-4-5-10-12(7-8)14-10/h8-13H,1-7H2. The first-order valence-corrected chi connectivity index (χ1v) is 6.71. The second-order valence-corrected chi connectivity index (χ2v) is 5.96. The summed E-state index contributed by atoms with van der Waals surface area (Å²) in [5, 5.41) is 0. The van der Waals surface area contributed by atoms with Crippen LogP contribution in [0.2, 0.25) is 0 Å². The average molecular weight is 208 g/mol. The zero-order chi connectivity index (χ0) is 9.83. The highest BCUT2D eigenvalue weighted by atomic mass is 16.6. The van der Waals surface area contributed by atoms with Crippen molar-refractivity contribution in [2.45, 2.75) is 69.4 Å². The van der Waals surface area contributed by atoms with Gasteiger partial charge in [0.2, 0.25) is 0 Å². The third kappa shape index (κ3) is 1.62. The van der Waals surface area contributed by atoms with E-state index in [1.807, 2.05) is 0 Å². The van der Waals surface area contributed by atoms with Crippen LogP contribution in [0.3, 0.4) is 0 Å². The van der Waals surface area contributed by atoms with E-state index in [-0.39, 0.29) is 0 Å². The van der Waals surface area contributed by atoms with Crippen molar-refractivity contribution in [2.24, 2.45) is 11.8 Å². The van der Waals surface area contributed by atoms with Gasteiger partial charge in [-0.2, -0.15) is 0 Å². The lowest BCUT2D eigenvalue weighted by Gasteiger charge is -2.25. The van der Waals surface area contributed by atoms with Crippen LogP contribution in [0.5, 0.6) is 0 Å². The Hall–Kier alpha value is -0.0800. The molecule has 2 aliphatic heterocycles. The molecular formula is C13H20O2. The van der Waals surface area contributed by atoms with Crippen LogP contribution in [0.25, 0.3) is 0 Å². The van der Waals surface area contributed by atoms with Crippen LogP contribution in [0.1, 0.15) is 44.9 Å². The van der Waals surface area contributed by atoms with Gasteiger partial charge in [-0.1, -0.05) is 6.42 Å². The second kappa shape index (κ2) is 3.21. The van der Waals surface area contributed by atoms with E-state index in [0.717, 1.165) is 11.8 Å². The van der Waals surface area contributed by atoms with Gasteiger partial charge in [0.15, 0.2) is 0 Å². The summed E-state index contributed by atoms with van der Waals surface area (Å²) in [5.41, 5.74) is 0. The summed E-state index contributed by atoms with van der Waals surface area (Å²) in [6.07, 6.45) is 12.3. The van der Waals surface area contributed by atoms with E-state index >= 15 is 0 Å². The Morgan fingerprint density at radius 2 is 1.87 bits per heavy atom. The Morgan fingerprint density at radius 1 is 0.867 bits per heavy atom. The van der Waals surface area contributed by atoms with E-state index in [1.165, 1.54) is 44.9 Å². The predicted molar refractivity (Wildman–Crippen MR) is 56.6 cm³/mol. The Labute approximate surface area is 91.3 Å². The average Bonchev–Trinajstić information content (AvgIpc) is 3.12. The maximum absolute atomic E-state index is 5.74. The fourth-order valence-electron chi connectivity index (χ4n) is 3.93.